The number of carbonyl (C=O) groups excluding carboxylic acids is 9. The number of nitrogens with one attached hydrogen (secondary N) is 7. The highest BCUT2D eigenvalue weighted by Crippen LogP contribution is 2.30. The van der Waals surface area contributed by atoms with Crippen LogP contribution in [-0.2, 0) is 62.4 Å². The molecule has 0 aliphatic carbocycles. The number of para-hydroxylation sites is 1. The van der Waals surface area contributed by atoms with Crippen molar-refractivity contribution in [2.45, 2.75) is 153 Å². The van der Waals surface area contributed by atoms with Gasteiger partial charge in [-0.2, -0.15) is 0 Å². The molecule has 6 rings (SSSR count). The van der Waals surface area contributed by atoms with E-state index in [0.717, 1.165) is 16.5 Å². The Bertz CT molecular complexity index is 2690. The van der Waals surface area contributed by atoms with Crippen LogP contribution in [0.2, 0.25) is 0 Å². The molecule has 0 radical (unpaired) electrons. The lowest BCUT2D eigenvalue weighted by Gasteiger charge is -2.33. The van der Waals surface area contributed by atoms with Crippen molar-refractivity contribution in [1.82, 2.24) is 56.8 Å². The number of amides is 9. The first-order valence-electron chi connectivity index (χ1n) is 26.3. The topological polar surface area (TPSA) is 354 Å². The number of hydrogen-bond acceptors (Lipinski definition) is 12. The largest absolute Gasteiger partial charge is 0.370 e. The number of fused-ring (bicyclic) bond motifs is 2. The zero-order chi connectivity index (χ0) is 55.1. The predicted octanol–water partition coefficient (Wildman–Crippen LogP) is 0.214. The Hall–Kier alpha value is -7.69. The molecule has 2 aliphatic rings. The van der Waals surface area contributed by atoms with Gasteiger partial charge < -0.3 is 59.0 Å². The second-order valence-electron chi connectivity index (χ2n) is 20.1. The van der Waals surface area contributed by atoms with Crippen molar-refractivity contribution in [3.8, 4) is 0 Å². The van der Waals surface area contributed by atoms with E-state index in [1.54, 1.807) is 37.8 Å². The number of aromatic amines is 1. The fraction of sp³-hybridized carbons (Fsp3) is 0.528. The van der Waals surface area contributed by atoms with Crippen LogP contribution in [0.5, 0.6) is 0 Å². The Kier molecular flexibility index (Phi) is 20.6. The third-order valence-corrected chi connectivity index (χ3v) is 14.6. The van der Waals surface area contributed by atoms with Crippen LogP contribution in [0.25, 0.3) is 10.9 Å². The van der Waals surface area contributed by atoms with E-state index in [4.69, 9.17) is 17.2 Å². The summed E-state index contributed by atoms with van der Waals surface area (Å²) in [5.74, 6) is -7.84. The summed E-state index contributed by atoms with van der Waals surface area (Å²) in [6.07, 6.45) is 5.12. The minimum absolute atomic E-state index is 0.0102. The van der Waals surface area contributed by atoms with Crippen molar-refractivity contribution in [3.63, 3.8) is 0 Å². The van der Waals surface area contributed by atoms with Gasteiger partial charge in [0.25, 0.3) is 0 Å². The Labute approximate surface area is 441 Å². The van der Waals surface area contributed by atoms with Gasteiger partial charge in [0.1, 0.15) is 36.3 Å². The maximum atomic E-state index is 15.3. The Balaban J connectivity index is 1.37. The monoisotopic (exact) mass is 1050 g/mol. The quantitative estimate of drug-likeness (QED) is 0.0765. The molecule has 2 fully saturated rings. The fourth-order valence-electron chi connectivity index (χ4n) is 9.49. The van der Waals surface area contributed by atoms with Crippen LogP contribution in [0.1, 0.15) is 108 Å². The third kappa shape index (κ3) is 15.4. The summed E-state index contributed by atoms with van der Waals surface area (Å²) < 4.78 is 1.60. The van der Waals surface area contributed by atoms with Crippen LogP contribution in [0, 0.1) is 11.8 Å². The van der Waals surface area contributed by atoms with Crippen LogP contribution >= 0.6 is 0 Å². The highest BCUT2D eigenvalue weighted by molar-refractivity contribution is 5.99. The number of carbonyl (C=O) groups is 9. The number of aromatic nitrogens is 4. The summed E-state index contributed by atoms with van der Waals surface area (Å²) in [6.45, 7) is 7.17. The van der Waals surface area contributed by atoms with Crippen LogP contribution in [0.15, 0.2) is 67.0 Å². The van der Waals surface area contributed by atoms with Gasteiger partial charge >= 0.3 is 0 Å². The summed E-state index contributed by atoms with van der Waals surface area (Å²) in [6, 6.07) is 7.48. The first kappa shape index (κ1) is 57.6. The minimum Gasteiger partial charge on any atom is -0.370 e. The molecule has 23 heteroatoms. The molecule has 2 aromatic heterocycles. The number of benzene rings is 2. The number of nitrogens with two attached hydrogens (primary N) is 3. The number of nitrogens with zero attached hydrogens (tertiary/aromatic N) is 4. The molecular weight excluding hydrogens is 977 g/mol. The van der Waals surface area contributed by atoms with Gasteiger partial charge in [0.15, 0.2) is 0 Å². The molecule has 410 valence electrons. The molecule has 0 spiro atoms. The van der Waals surface area contributed by atoms with Crippen molar-refractivity contribution in [3.05, 3.63) is 83.8 Å². The average molecular weight is 1050 g/mol. The number of rotatable bonds is 15. The highest BCUT2D eigenvalue weighted by Gasteiger charge is 2.46. The molecule has 13 N–H and O–H groups in total. The van der Waals surface area contributed by atoms with Crippen LogP contribution in [0.4, 0.5) is 0 Å². The maximum absolute atomic E-state index is 15.3. The van der Waals surface area contributed by atoms with Crippen molar-refractivity contribution in [2.24, 2.45) is 29.0 Å². The molecule has 2 aromatic carbocycles. The Morgan fingerprint density at radius 3 is 2.24 bits per heavy atom. The molecule has 2 aliphatic heterocycles. The van der Waals surface area contributed by atoms with E-state index >= 15 is 9.59 Å². The van der Waals surface area contributed by atoms with Crippen molar-refractivity contribution >= 4 is 64.1 Å². The summed E-state index contributed by atoms with van der Waals surface area (Å²) in [7, 11) is 0. The molecular formula is C53H74N14O9. The summed E-state index contributed by atoms with van der Waals surface area (Å²) in [5.41, 5.74) is 20.9. The molecule has 9 amide bonds. The number of H-pyrrole nitrogens is 1. The van der Waals surface area contributed by atoms with Crippen LogP contribution in [-0.4, -0.2) is 133 Å². The Morgan fingerprint density at radius 2 is 1.53 bits per heavy atom. The average Bonchev–Trinajstić information content (AvgIpc) is 4.18. The molecule has 0 bridgehead atoms. The summed E-state index contributed by atoms with van der Waals surface area (Å²) >= 11 is 0. The first-order chi connectivity index (χ1) is 36.4. The standard InChI is InChI=1S/C53H74N14O9/c1-5-30(3)45(55)52(75)60-39-21-22-44(69)57-23-13-12-18-38(47(56)70)59-49(72)40(24-33-27-58-37-17-11-10-16-36(33)37)62-51(74)42-25-35(67-28-34(64-65-67)20-19-32-14-8-7-9-15-32)29-66(42)53(76)46(31(4)6-2)63-50(73)41(26-43(54)68)61-48(39)71/h7-11,14-17,27-28,30-31,35,38-42,45-46,58H,5-6,12-13,18-26,29,55H2,1-4H3,(H2,54,68)(H2,56,70)(H,57,69)(H,59,72)(H,60,75)(H,61,71)(H,62,74)(H,63,73)/t30-,31-,35-,38-,39-,40-,41-,42-,45-,46-/m0/s1. The molecule has 10 atom stereocenters. The summed E-state index contributed by atoms with van der Waals surface area (Å²) in [4.78, 5) is 130. The van der Waals surface area contributed by atoms with Crippen molar-refractivity contribution in [2.75, 3.05) is 13.1 Å². The molecule has 0 saturated carbocycles. The van der Waals surface area contributed by atoms with Gasteiger partial charge in [-0.15, -0.1) is 5.10 Å². The fourth-order valence-corrected chi connectivity index (χ4v) is 9.49. The van der Waals surface area contributed by atoms with Crippen LogP contribution in [0.3, 0.4) is 0 Å². The van der Waals surface area contributed by atoms with Gasteiger partial charge in [0, 0.05) is 55.6 Å². The van der Waals surface area contributed by atoms with E-state index in [-0.39, 0.29) is 51.1 Å². The maximum Gasteiger partial charge on any atom is 0.246 e. The number of primary amides is 2. The lowest BCUT2D eigenvalue weighted by molar-refractivity contribution is -0.144. The van der Waals surface area contributed by atoms with E-state index in [1.165, 1.54) is 4.90 Å². The van der Waals surface area contributed by atoms with Gasteiger partial charge in [-0.05, 0) is 67.6 Å². The zero-order valence-corrected chi connectivity index (χ0v) is 43.7. The van der Waals surface area contributed by atoms with Crippen molar-refractivity contribution in [1.29, 1.82) is 0 Å². The Morgan fingerprint density at radius 1 is 0.816 bits per heavy atom. The lowest BCUT2D eigenvalue weighted by atomic mass is 9.96. The van der Waals surface area contributed by atoms with Gasteiger partial charge in [-0.25, -0.2) is 4.68 Å². The molecule has 23 nitrogen and oxygen atoms in total. The second-order valence-corrected chi connectivity index (χ2v) is 20.1. The van der Waals surface area contributed by atoms with E-state index in [0.29, 0.717) is 49.8 Å². The van der Waals surface area contributed by atoms with E-state index in [9.17, 15) is 33.6 Å². The molecule has 0 unspecified atom stereocenters. The second kappa shape index (κ2) is 27.2. The van der Waals surface area contributed by atoms with Crippen molar-refractivity contribution < 1.29 is 43.2 Å². The SMILES string of the molecule is CC[C@H](C)[C@H](N)C(=O)N[C@H]1CCC(=O)NCCCC[C@@H](C(N)=O)NC(=O)[C@H](Cc2c[nH]c3ccccc23)NC(=O)[C@@H]2C[C@H](n3cc(CCc4ccccc4)nn3)CN2C(=O)[C@H]([C@@H](C)CC)NC(=O)[C@H](CC(N)=O)NC1=O. The van der Waals surface area contributed by atoms with E-state index in [2.05, 4.69) is 47.2 Å². The lowest BCUT2D eigenvalue weighted by Crippen LogP contribution is -2.61. The summed E-state index contributed by atoms with van der Waals surface area (Å²) in [5, 5.41) is 25.9. The minimum atomic E-state index is -1.66. The van der Waals surface area contributed by atoms with Gasteiger partial charge in [-0.3, -0.25) is 43.2 Å². The molecule has 4 aromatic rings. The number of hydrogen-bond donors (Lipinski definition) is 10. The molecule has 4 heterocycles. The number of aryl methyl sites for hydroxylation is 2. The van der Waals surface area contributed by atoms with Crippen LogP contribution < -0.4 is 49.1 Å². The third-order valence-electron chi connectivity index (χ3n) is 14.6. The molecule has 76 heavy (non-hydrogen) atoms. The van der Waals surface area contributed by atoms with Gasteiger partial charge in [0.2, 0.25) is 53.2 Å². The predicted molar refractivity (Wildman–Crippen MR) is 281 cm³/mol. The normalized spacial score (nSPS) is 24.1. The molecule has 2 saturated heterocycles. The first-order valence-corrected chi connectivity index (χ1v) is 26.3. The van der Waals surface area contributed by atoms with Gasteiger partial charge in [-0.1, -0.05) is 94.3 Å². The van der Waals surface area contributed by atoms with E-state index < -0.39 is 114 Å². The van der Waals surface area contributed by atoms with Gasteiger partial charge in [0.05, 0.1) is 24.2 Å². The smallest absolute Gasteiger partial charge is 0.246 e. The zero-order valence-electron chi connectivity index (χ0n) is 43.7. The highest BCUT2D eigenvalue weighted by atomic mass is 16.2. The van der Waals surface area contributed by atoms with E-state index in [1.807, 2.05) is 61.5 Å².